The summed E-state index contributed by atoms with van der Waals surface area (Å²) in [4.78, 5) is 12.5. The Hall–Kier alpha value is -0.640. The summed E-state index contributed by atoms with van der Waals surface area (Å²) in [5.74, 6) is -0.0456. The molecule has 1 rings (SSSR count). The van der Waals surface area contributed by atoms with E-state index in [0.29, 0.717) is 6.54 Å². The number of likely N-dealkylation sites (tertiary alicyclic amines) is 1. The SMILES string of the molecule is CC(=O)N1C[C@@H](F)[C@H](NC(C)C)C1. The molecule has 1 saturated heterocycles. The Balaban J connectivity index is 2.46. The Kier molecular flexibility index (Phi) is 3.25. The molecule has 1 aliphatic heterocycles. The maximum absolute atomic E-state index is 13.3. The monoisotopic (exact) mass is 188 g/mol. The normalized spacial score (nSPS) is 28.5. The Morgan fingerprint density at radius 2 is 2.15 bits per heavy atom. The van der Waals surface area contributed by atoms with Crippen LogP contribution in [0.3, 0.4) is 0 Å². The first-order chi connectivity index (χ1) is 6.00. The maximum atomic E-state index is 13.3. The Morgan fingerprint density at radius 3 is 2.54 bits per heavy atom. The Labute approximate surface area is 78.3 Å². The maximum Gasteiger partial charge on any atom is 0.219 e. The first-order valence-corrected chi connectivity index (χ1v) is 4.66. The average molecular weight is 188 g/mol. The topological polar surface area (TPSA) is 32.3 Å². The molecule has 0 unspecified atom stereocenters. The van der Waals surface area contributed by atoms with Crippen molar-refractivity contribution in [3.05, 3.63) is 0 Å². The molecular formula is C9H17FN2O. The van der Waals surface area contributed by atoms with E-state index in [1.807, 2.05) is 13.8 Å². The average Bonchev–Trinajstić information content (AvgIpc) is 2.31. The van der Waals surface area contributed by atoms with Crippen molar-refractivity contribution < 1.29 is 9.18 Å². The molecule has 1 amide bonds. The van der Waals surface area contributed by atoms with Gasteiger partial charge in [0.25, 0.3) is 0 Å². The van der Waals surface area contributed by atoms with Gasteiger partial charge in [-0.25, -0.2) is 4.39 Å². The van der Waals surface area contributed by atoms with Crippen molar-refractivity contribution in [2.24, 2.45) is 0 Å². The summed E-state index contributed by atoms with van der Waals surface area (Å²) < 4.78 is 13.3. The second-order valence-electron chi connectivity index (χ2n) is 3.87. The van der Waals surface area contributed by atoms with Gasteiger partial charge in [0, 0.05) is 19.5 Å². The minimum atomic E-state index is -0.925. The lowest BCUT2D eigenvalue weighted by molar-refractivity contribution is -0.128. The number of hydrogen-bond acceptors (Lipinski definition) is 2. The summed E-state index contributed by atoms with van der Waals surface area (Å²) in [6.07, 6.45) is -0.925. The number of hydrogen-bond donors (Lipinski definition) is 1. The zero-order valence-corrected chi connectivity index (χ0v) is 8.38. The van der Waals surface area contributed by atoms with Gasteiger partial charge in [-0.2, -0.15) is 0 Å². The molecule has 0 aliphatic carbocycles. The van der Waals surface area contributed by atoms with Gasteiger partial charge in [0.05, 0.1) is 12.6 Å². The largest absolute Gasteiger partial charge is 0.338 e. The van der Waals surface area contributed by atoms with E-state index in [1.54, 1.807) is 4.90 Å². The van der Waals surface area contributed by atoms with E-state index < -0.39 is 6.17 Å². The highest BCUT2D eigenvalue weighted by Gasteiger charge is 2.33. The molecular weight excluding hydrogens is 171 g/mol. The lowest BCUT2D eigenvalue weighted by Crippen LogP contribution is -2.41. The summed E-state index contributed by atoms with van der Waals surface area (Å²) >= 11 is 0. The van der Waals surface area contributed by atoms with Crippen molar-refractivity contribution in [1.82, 2.24) is 10.2 Å². The molecule has 0 bridgehead atoms. The third-order valence-corrected chi connectivity index (χ3v) is 2.24. The number of nitrogens with zero attached hydrogens (tertiary/aromatic N) is 1. The van der Waals surface area contributed by atoms with Crippen LogP contribution in [0.1, 0.15) is 20.8 Å². The lowest BCUT2D eigenvalue weighted by atomic mass is 10.2. The molecule has 1 heterocycles. The van der Waals surface area contributed by atoms with Crippen LogP contribution in [0.25, 0.3) is 0 Å². The van der Waals surface area contributed by atoms with Crippen LogP contribution in [-0.4, -0.2) is 42.2 Å². The van der Waals surface area contributed by atoms with Crippen LogP contribution in [-0.2, 0) is 4.79 Å². The van der Waals surface area contributed by atoms with E-state index in [0.717, 1.165) is 0 Å². The molecule has 0 aromatic carbocycles. The van der Waals surface area contributed by atoms with E-state index in [-0.39, 0.29) is 24.5 Å². The number of carbonyl (C=O) groups is 1. The number of rotatable bonds is 2. The van der Waals surface area contributed by atoms with Crippen LogP contribution in [0.2, 0.25) is 0 Å². The molecule has 13 heavy (non-hydrogen) atoms. The number of amides is 1. The van der Waals surface area contributed by atoms with Gasteiger partial charge < -0.3 is 10.2 Å². The summed E-state index contributed by atoms with van der Waals surface area (Å²) in [6.45, 7) is 6.16. The number of nitrogens with one attached hydrogen (secondary N) is 1. The standard InChI is InChI=1S/C9H17FN2O/c1-6(2)11-9-5-12(7(3)13)4-8(9)10/h6,8-9,11H,4-5H2,1-3H3/t8-,9-/m1/s1. The molecule has 0 aromatic rings. The summed E-state index contributed by atoms with van der Waals surface area (Å²) in [5, 5.41) is 3.11. The summed E-state index contributed by atoms with van der Waals surface area (Å²) in [5.41, 5.74) is 0. The highest BCUT2D eigenvalue weighted by atomic mass is 19.1. The zero-order valence-electron chi connectivity index (χ0n) is 8.38. The molecule has 0 spiro atoms. The number of alkyl halides is 1. The zero-order chi connectivity index (χ0) is 10.0. The first-order valence-electron chi connectivity index (χ1n) is 4.66. The first kappa shape index (κ1) is 10.4. The van der Waals surface area contributed by atoms with E-state index in [4.69, 9.17) is 0 Å². The second kappa shape index (κ2) is 4.05. The molecule has 3 nitrogen and oxygen atoms in total. The van der Waals surface area contributed by atoms with Gasteiger partial charge in [0.15, 0.2) is 0 Å². The molecule has 76 valence electrons. The van der Waals surface area contributed by atoms with Crippen molar-refractivity contribution in [2.75, 3.05) is 13.1 Å². The molecule has 0 saturated carbocycles. The van der Waals surface area contributed by atoms with Crippen molar-refractivity contribution >= 4 is 5.91 Å². The smallest absolute Gasteiger partial charge is 0.219 e. The molecule has 0 aromatic heterocycles. The van der Waals surface area contributed by atoms with Crippen LogP contribution in [0.4, 0.5) is 4.39 Å². The third kappa shape index (κ3) is 2.66. The molecule has 1 aliphatic rings. The van der Waals surface area contributed by atoms with Gasteiger partial charge in [-0.1, -0.05) is 13.8 Å². The predicted molar refractivity (Wildman–Crippen MR) is 49.2 cm³/mol. The minimum absolute atomic E-state index is 0.0456. The predicted octanol–water partition coefficient (Wildman–Crippen LogP) is 0.553. The Morgan fingerprint density at radius 1 is 1.54 bits per heavy atom. The lowest BCUT2D eigenvalue weighted by Gasteiger charge is -2.17. The van der Waals surface area contributed by atoms with Gasteiger partial charge in [-0.15, -0.1) is 0 Å². The Bertz CT molecular complexity index is 196. The second-order valence-corrected chi connectivity index (χ2v) is 3.87. The van der Waals surface area contributed by atoms with Crippen LogP contribution in [0.15, 0.2) is 0 Å². The third-order valence-electron chi connectivity index (χ3n) is 2.24. The van der Waals surface area contributed by atoms with Gasteiger partial charge in [-0.3, -0.25) is 4.79 Å². The van der Waals surface area contributed by atoms with E-state index >= 15 is 0 Å². The van der Waals surface area contributed by atoms with E-state index in [9.17, 15) is 9.18 Å². The summed E-state index contributed by atoms with van der Waals surface area (Å²) in [6, 6.07) is 0.0686. The fraction of sp³-hybridized carbons (Fsp3) is 0.889. The highest BCUT2D eigenvalue weighted by molar-refractivity contribution is 5.73. The van der Waals surface area contributed by atoms with Crippen LogP contribution in [0, 0.1) is 0 Å². The molecule has 4 heteroatoms. The van der Waals surface area contributed by atoms with Crippen molar-refractivity contribution in [3.63, 3.8) is 0 Å². The fourth-order valence-corrected chi connectivity index (χ4v) is 1.61. The minimum Gasteiger partial charge on any atom is -0.338 e. The molecule has 2 atom stereocenters. The molecule has 0 radical (unpaired) electrons. The van der Waals surface area contributed by atoms with Gasteiger partial charge >= 0.3 is 0 Å². The van der Waals surface area contributed by atoms with Crippen LogP contribution >= 0.6 is 0 Å². The molecule has 1 fully saturated rings. The van der Waals surface area contributed by atoms with Gasteiger partial charge in [-0.05, 0) is 0 Å². The number of halogens is 1. The van der Waals surface area contributed by atoms with Gasteiger partial charge in [0.2, 0.25) is 5.91 Å². The van der Waals surface area contributed by atoms with E-state index in [1.165, 1.54) is 6.92 Å². The van der Waals surface area contributed by atoms with Crippen LogP contribution in [0.5, 0.6) is 0 Å². The van der Waals surface area contributed by atoms with Gasteiger partial charge in [0.1, 0.15) is 6.17 Å². The quantitative estimate of drug-likeness (QED) is 0.686. The highest BCUT2D eigenvalue weighted by Crippen LogP contribution is 2.13. The molecule has 1 N–H and O–H groups in total. The van der Waals surface area contributed by atoms with E-state index in [2.05, 4.69) is 5.32 Å². The number of carbonyl (C=O) groups excluding carboxylic acids is 1. The fourth-order valence-electron chi connectivity index (χ4n) is 1.61. The van der Waals surface area contributed by atoms with Crippen LogP contribution < -0.4 is 5.32 Å². The van der Waals surface area contributed by atoms with Crippen molar-refractivity contribution in [3.8, 4) is 0 Å². The summed E-state index contributed by atoms with van der Waals surface area (Å²) in [7, 11) is 0. The van der Waals surface area contributed by atoms with Crippen molar-refractivity contribution in [1.29, 1.82) is 0 Å². The van der Waals surface area contributed by atoms with Crippen molar-refractivity contribution in [2.45, 2.75) is 39.0 Å².